The van der Waals surface area contributed by atoms with Gasteiger partial charge in [0.05, 0.1) is 46.1 Å². The second-order valence-corrected chi connectivity index (χ2v) is 19.6. The maximum absolute atomic E-state index is 15.5. The van der Waals surface area contributed by atoms with Crippen LogP contribution >= 0.6 is 0 Å². The number of Topliss-reactive ketones (excluding diaryl/α,β-unsaturated/α-hetero) is 4. The van der Waals surface area contributed by atoms with Gasteiger partial charge in [0.25, 0.3) is 0 Å². The van der Waals surface area contributed by atoms with Crippen molar-refractivity contribution >= 4 is 102 Å². The number of aromatic nitrogens is 4. The predicted octanol–water partition coefficient (Wildman–Crippen LogP) is 14.0. The van der Waals surface area contributed by atoms with E-state index >= 15 is 19.2 Å². The van der Waals surface area contributed by atoms with E-state index in [0.717, 1.165) is 21.9 Å². The molecule has 0 amide bonds. The number of allylic oxidation sites excluding steroid dienone is 4. The Morgan fingerprint density at radius 2 is 0.701 bits per heavy atom. The van der Waals surface area contributed by atoms with Crippen LogP contribution in [0.4, 0.5) is 0 Å². The Bertz CT molecular complexity index is 4090. The van der Waals surface area contributed by atoms with Crippen LogP contribution in [-0.4, -0.2) is 45.3 Å². The monoisotopic (exact) mass is 1050 g/mol. The first-order valence-electron chi connectivity index (χ1n) is 25.2. The van der Waals surface area contributed by atoms with E-state index in [1.54, 1.807) is 12.1 Å². The third kappa shape index (κ3) is 8.05. The van der Waals surface area contributed by atoms with Gasteiger partial charge in [0, 0.05) is 33.4 Å². The van der Waals surface area contributed by atoms with Crippen molar-refractivity contribution in [1.29, 1.82) is 0 Å². The van der Waals surface area contributed by atoms with E-state index in [0.29, 0.717) is 77.9 Å². The van der Waals surface area contributed by atoms with Crippen LogP contribution in [0, 0.1) is 0 Å². The first-order chi connectivity index (χ1) is 37.0. The molecule has 9 aromatic rings. The molecule has 10 nitrogen and oxygen atoms in total. The number of fused-ring (bicyclic) bond motifs is 14. The molecule has 366 valence electrons. The van der Waals surface area contributed by atoms with Gasteiger partial charge >= 0.3 is 19.5 Å². The fraction of sp³-hybridized carbons (Fsp3) is 0.0909. The van der Waals surface area contributed by atoms with Crippen molar-refractivity contribution in [1.82, 2.24) is 19.9 Å². The summed E-state index contributed by atoms with van der Waals surface area (Å²) in [4.78, 5) is 82.6. The van der Waals surface area contributed by atoms with Crippen LogP contribution in [0.2, 0.25) is 0 Å². The summed E-state index contributed by atoms with van der Waals surface area (Å²) >= 11 is 0. The molecule has 4 aliphatic rings. The molecule has 0 N–H and O–H groups in total. The van der Waals surface area contributed by atoms with Gasteiger partial charge in [-0.1, -0.05) is 146 Å². The normalized spacial score (nSPS) is 14.0. The molecule has 8 bridgehead atoms. The van der Waals surface area contributed by atoms with Crippen molar-refractivity contribution < 1.29 is 48.1 Å². The summed E-state index contributed by atoms with van der Waals surface area (Å²) in [6.45, 7) is 7.31. The molecule has 11 heteroatoms. The molecule has 0 spiro atoms. The zero-order valence-electron chi connectivity index (χ0n) is 42.4. The second-order valence-electron chi connectivity index (χ2n) is 19.6. The first kappa shape index (κ1) is 48.7. The van der Waals surface area contributed by atoms with E-state index in [1.807, 2.05) is 198 Å². The molecular formula is C66H44N4O6Zn. The summed E-state index contributed by atoms with van der Waals surface area (Å²) in [5.74, 6) is -1.80. The maximum Gasteiger partial charge on any atom is 2.00 e. The quantitative estimate of drug-likeness (QED) is 0.135. The van der Waals surface area contributed by atoms with E-state index < -0.39 is 35.3 Å². The topological polar surface area (TPSA) is 141 Å². The average Bonchev–Trinajstić information content (AvgIpc) is 4.32. The molecule has 13 rings (SSSR count). The largest absolute Gasteiger partial charge is 2.00 e. The Hall–Kier alpha value is -9.18. The zero-order chi connectivity index (χ0) is 51.9. The minimum Gasteiger partial charge on any atom is -0.657 e. The fourth-order valence-electron chi connectivity index (χ4n) is 10.9. The first-order valence-corrected chi connectivity index (χ1v) is 25.2. The van der Waals surface area contributed by atoms with E-state index in [9.17, 15) is 0 Å². The Morgan fingerprint density at radius 3 is 1.08 bits per heavy atom. The van der Waals surface area contributed by atoms with Gasteiger partial charge in [-0.05, 0) is 108 Å². The van der Waals surface area contributed by atoms with Crippen molar-refractivity contribution in [3.63, 3.8) is 0 Å². The van der Waals surface area contributed by atoms with Gasteiger partial charge in [-0.25, -0.2) is 9.97 Å². The molecule has 0 saturated heterocycles. The zero-order valence-corrected chi connectivity index (χ0v) is 45.4. The number of hydrogen-bond donors (Lipinski definition) is 0. The molecule has 0 radical (unpaired) electrons. The smallest absolute Gasteiger partial charge is 0.657 e. The van der Waals surface area contributed by atoms with E-state index in [2.05, 4.69) is 0 Å². The molecular weight excluding hydrogens is 1010 g/mol. The number of hydrogen-bond acceptors (Lipinski definition) is 8. The summed E-state index contributed by atoms with van der Waals surface area (Å²) in [5.41, 5.74) is 8.18. The van der Waals surface area contributed by atoms with Gasteiger partial charge in [-0.2, -0.15) is 0 Å². The van der Waals surface area contributed by atoms with Gasteiger partial charge in [0.1, 0.15) is 0 Å². The minimum absolute atomic E-state index is 0. The summed E-state index contributed by atoms with van der Waals surface area (Å²) in [7, 11) is 0. The SMILES string of the molecule is CC(C)OC1=C(c2c3nc(c(-c4ccccc4)c4ccc([n-]4)c(C4=C(OC(C)C)C(=O)c5c(ccc6ccccc56)C4=O)c4nc(c(-c5ccccc5)c5ccc2[n-]5)C=C4)C=C3)C(=O)c2ccc3ccccc3c2C1=O.[Zn+2]. The average molecular weight is 1050 g/mol. The summed E-state index contributed by atoms with van der Waals surface area (Å²) in [5, 5.41) is 2.94. The summed E-state index contributed by atoms with van der Waals surface area (Å²) < 4.78 is 13.0. The Morgan fingerprint density at radius 1 is 0.364 bits per heavy atom. The van der Waals surface area contributed by atoms with Crippen LogP contribution in [0.15, 0.2) is 169 Å². The van der Waals surface area contributed by atoms with Gasteiger partial charge in [-0.15, -0.1) is 22.1 Å². The number of carbonyl (C=O) groups excluding carboxylic acids is 4. The fourth-order valence-corrected chi connectivity index (χ4v) is 10.9. The molecule has 5 heterocycles. The van der Waals surface area contributed by atoms with Crippen LogP contribution < -0.4 is 9.97 Å². The second kappa shape index (κ2) is 19.2. The summed E-state index contributed by atoms with van der Waals surface area (Å²) in [6.07, 6.45) is 6.43. The predicted molar refractivity (Wildman–Crippen MR) is 299 cm³/mol. The molecule has 2 aliphatic heterocycles. The third-order valence-corrected chi connectivity index (χ3v) is 14.1. The van der Waals surface area contributed by atoms with Crippen molar-refractivity contribution in [2.75, 3.05) is 0 Å². The Labute approximate surface area is 455 Å². The van der Waals surface area contributed by atoms with Crippen LogP contribution in [-0.2, 0) is 29.0 Å². The van der Waals surface area contributed by atoms with Crippen molar-refractivity contribution in [3.8, 4) is 22.3 Å². The van der Waals surface area contributed by atoms with Crippen molar-refractivity contribution in [3.05, 3.63) is 225 Å². The summed E-state index contributed by atoms with van der Waals surface area (Å²) in [6, 6.07) is 49.0. The third-order valence-electron chi connectivity index (χ3n) is 14.1. The molecule has 6 aromatic carbocycles. The van der Waals surface area contributed by atoms with Gasteiger partial charge in [-0.3, -0.25) is 19.2 Å². The molecule has 3 aromatic heterocycles. The standard InChI is InChI=1S/C66H46N4O6.Zn/c1-35(2)75-65-59(61(71)43-25-23-37-15-11-13-21-41(37)55(43)63(65)73)57-49-31-27-45(67-49)53(39-17-7-5-8-18-39)47-29-33-51(69-47)58(52-34-30-48(70-52)54(40-19-9-6-10-20-40)46-28-32-50(57)68-46)60-62(72)44-26-24-38-16-12-14-22-42(38)56(44)64(74)66(60)76-36(3)4;/h5-36H,1-4H3,(H2,67,68,69,70,71,72,73,74);/q;+2/p-2. The van der Waals surface area contributed by atoms with Crippen molar-refractivity contribution in [2.45, 2.75) is 39.9 Å². The van der Waals surface area contributed by atoms with Gasteiger partial charge in [0.2, 0.25) is 11.6 Å². The number of benzene rings is 6. The molecule has 0 fully saturated rings. The number of nitrogens with zero attached hydrogens (tertiary/aromatic N) is 4. The molecule has 77 heavy (non-hydrogen) atoms. The Balaban J connectivity index is 0.00000596. The number of rotatable bonds is 8. The Kier molecular flexibility index (Phi) is 12.1. The van der Waals surface area contributed by atoms with Crippen LogP contribution in [0.5, 0.6) is 0 Å². The molecule has 0 saturated carbocycles. The van der Waals surface area contributed by atoms with E-state index in [4.69, 9.17) is 29.4 Å². The number of ether oxygens (including phenoxy) is 2. The van der Waals surface area contributed by atoms with Crippen LogP contribution in [0.25, 0.3) is 101 Å². The molecule has 2 aliphatic carbocycles. The van der Waals surface area contributed by atoms with Gasteiger partial charge in [0.15, 0.2) is 23.1 Å². The van der Waals surface area contributed by atoms with E-state index in [1.165, 1.54) is 0 Å². The maximum atomic E-state index is 15.5. The van der Waals surface area contributed by atoms with Crippen molar-refractivity contribution in [2.24, 2.45) is 0 Å². The van der Waals surface area contributed by atoms with Gasteiger partial charge < -0.3 is 19.4 Å². The number of ketones is 4. The van der Waals surface area contributed by atoms with E-state index in [-0.39, 0.29) is 64.4 Å². The molecule has 0 atom stereocenters. The minimum atomic E-state index is -0.482. The molecule has 0 unspecified atom stereocenters. The number of carbonyl (C=O) groups is 4. The van der Waals surface area contributed by atoms with Crippen LogP contribution in [0.3, 0.4) is 0 Å². The van der Waals surface area contributed by atoms with Crippen LogP contribution in [0.1, 0.15) is 103 Å².